The maximum atomic E-state index is 5.85. The highest BCUT2D eigenvalue weighted by Gasteiger charge is 2.50. The Morgan fingerprint density at radius 1 is 1.42 bits per heavy atom. The van der Waals surface area contributed by atoms with Gasteiger partial charge in [-0.05, 0) is 31.8 Å². The van der Waals surface area contributed by atoms with Crippen LogP contribution in [0.2, 0.25) is 0 Å². The highest BCUT2D eigenvalue weighted by molar-refractivity contribution is 5.20. The summed E-state index contributed by atoms with van der Waals surface area (Å²) in [5, 5.41) is 0. The minimum atomic E-state index is -0.223. The molecule has 1 N–H and O–H groups in total. The first kappa shape index (κ1) is 11.2. The van der Waals surface area contributed by atoms with Crippen molar-refractivity contribution in [1.29, 1.82) is 0 Å². The summed E-state index contributed by atoms with van der Waals surface area (Å²) in [6, 6.07) is 1.73. The molecule has 3 fully saturated rings. The molecule has 0 radical (unpaired) electrons. The van der Waals surface area contributed by atoms with Crippen molar-refractivity contribution in [2.75, 3.05) is 19.6 Å². The molecular formula is C13H16N4O2. The van der Waals surface area contributed by atoms with Crippen molar-refractivity contribution in [3.63, 3.8) is 0 Å². The summed E-state index contributed by atoms with van der Waals surface area (Å²) < 4.78 is 5.67. The summed E-state index contributed by atoms with van der Waals surface area (Å²) in [6.07, 6.45) is 7.58. The Morgan fingerprint density at radius 3 is 3.00 bits per heavy atom. The second-order valence-corrected chi connectivity index (χ2v) is 5.37. The van der Waals surface area contributed by atoms with E-state index in [2.05, 4.69) is 26.4 Å². The molecule has 3 saturated heterocycles. The molecule has 100 valence electrons. The van der Waals surface area contributed by atoms with Crippen molar-refractivity contribution in [1.82, 2.24) is 20.3 Å². The van der Waals surface area contributed by atoms with Gasteiger partial charge in [-0.2, -0.15) is 0 Å². The lowest BCUT2D eigenvalue weighted by atomic mass is 9.75. The lowest BCUT2D eigenvalue weighted by Gasteiger charge is -2.48. The third-order valence-electron chi connectivity index (χ3n) is 4.24. The quantitative estimate of drug-likeness (QED) is 0.844. The SMILES string of the molecule is C1=C(Oc2ccncn2)NOC12CN1CCC2CC1. The minimum Gasteiger partial charge on any atom is -0.421 e. The normalized spacial score (nSPS) is 36.1. The van der Waals surface area contributed by atoms with E-state index in [1.807, 2.05) is 0 Å². The number of nitrogens with one attached hydrogen (secondary N) is 1. The second kappa shape index (κ2) is 4.18. The van der Waals surface area contributed by atoms with Crippen LogP contribution in [0.4, 0.5) is 0 Å². The number of fused-ring (bicyclic) bond motifs is 2. The third-order valence-corrected chi connectivity index (χ3v) is 4.24. The van der Waals surface area contributed by atoms with Gasteiger partial charge in [0.25, 0.3) is 0 Å². The van der Waals surface area contributed by atoms with E-state index in [1.165, 1.54) is 32.3 Å². The molecule has 4 aliphatic rings. The van der Waals surface area contributed by atoms with Crippen LogP contribution in [-0.2, 0) is 4.84 Å². The van der Waals surface area contributed by atoms with Crippen molar-refractivity contribution in [2.24, 2.45) is 5.92 Å². The zero-order valence-corrected chi connectivity index (χ0v) is 10.6. The number of hydroxylamine groups is 1. The van der Waals surface area contributed by atoms with Crippen LogP contribution in [0.25, 0.3) is 0 Å². The minimum absolute atomic E-state index is 0.223. The van der Waals surface area contributed by atoms with Crippen molar-refractivity contribution in [3.8, 4) is 5.88 Å². The van der Waals surface area contributed by atoms with Gasteiger partial charge in [-0.3, -0.25) is 9.74 Å². The average molecular weight is 260 g/mol. The first-order valence-electron chi connectivity index (χ1n) is 6.67. The fourth-order valence-electron chi connectivity index (χ4n) is 3.27. The fourth-order valence-corrected chi connectivity index (χ4v) is 3.27. The Labute approximate surface area is 111 Å². The molecule has 1 spiro atoms. The van der Waals surface area contributed by atoms with Gasteiger partial charge in [-0.25, -0.2) is 15.4 Å². The highest BCUT2D eigenvalue weighted by Crippen LogP contribution is 2.41. The molecule has 0 amide bonds. The molecule has 6 nitrogen and oxygen atoms in total. The Kier molecular flexibility index (Phi) is 2.46. The van der Waals surface area contributed by atoms with Crippen LogP contribution in [0.3, 0.4) is 0 Å². The largest absolute Gasteiger partial charge is 0.421 e. The van der Waals surface area contributed by atoms with Gasteiger partial charge >= 0.3 is 0 Å². The van der Waals surface area contributed by atoms with Crippen LogP contribution in [0.5, 0.6) is 5.88 Å². The van der Waals surface area contributed by atoms with E-state index in [4.69, 9.17) is 9.57 Å². The standard InChI is InChI=1S/C13H16N4O2/c1-4-14-9-15-11(1)18-12-7-13(19-16-12)8-17-5-2-10(13)3-6-17/h1,4,7,9-10,16H,2-3,5-6,8H2. The van der Waals surface area contributed by atoms with Gasteiger partial charge in [0.15, 0.2) is 0 Å². The highest BCUT2D eigenvalue weighted by atomic mass is 16.7. The van der Waals surface area contributed by atoms with Crippen molar-refractivity contribution < 1.29 is 9.57 Å². The molecule has 6 heteroatoms. The lowest BCUT2D eigenvalue weighted by Crippen LogP contribution is -2.58. The number of nitrogens with zero attached hydrogens (tertiary/aromatic N) is 3. The number of piperidine rings is 3. The molecule has 19 heavy (non-hydrogen) atoms. The van der Waals surface area contributed by atoms with Crippen molar-refractivity contribution in [2.45, 2.75) is 18.4 Å². The van der Waals surface area contributed by atoms with Gasteiger partial charge in [0, 0.05) is 24.9 Å². The first-order valence-corrected chi connectivity index (χ1v) is 6.67. The summed E-state index contributed by atoms with van der Waals surface area (Å²) in [5.74, 6) is 1.74. The molecule has 1 aromatic rings. The molecule has 4 aliphatic heterocycles. The van der Waals surface area contributed by atoms with E-state index < -0.39 is 0 Å². The summed E-state index contributed by atoms with van der Waals surface area (Å²) >= 11 is 0. The van der Waals surface area contributed by atoms with E-state index in [-0.39, 0.29) is 5.60 Å². The molecule has 0 aromatic carbocycles. The Balaban J connectivity index is 1.55. The first-order chi connectivity index (χ1) is 9.34. The lowest BCUT2D eigenvalue weighted by molar-refractivity contribution is -0.141. The zero-order chi connectivity index (χ0) is 12.7. The molecule has 5 heterocycles. The van der Waals surface area contributed by atoms with Crippen LogP contribution < -0.4 is 10.2 Å². The summed E-state index contributed by atoms with van der Waals surface area (Å²) in [6.45, 7) is 3.32. The van der Waals surface area contributed by atoms with Crippen LogP contribution in [0.15, 0.2) is 30.5 Å². The number of hydrogen-bond acceptors (Lipinski definition) is 6. The predicted molar refractivity (Wildman–Crippen MR) is 66.9 cm³/mol. The van der Waals surface area contributed by atoms with Crippen molar-refractivity contribution in [3.05, 3.63) is 30.5 Å². The maximum absolute atomic E-state index is 5.85. The average Bonchev–Trinajstić information content (AvgIpc) is 2.84. The summed E-state index contributed by atoms with van der Waals surface area (Å²) in [7, 11) is 0. The van der Waals surface area contributed by atoms with Crippen LogP contribution in [0.1, 0.15) is 12.8 Å². The zero-order valence-electron chi connectivity index (χ0n) is 10.6. The number of rotatable bonds is 2. The van der Waals surface area contributed by atoms with Crippen molar-refractivity contribution >= 4 is 0 Å². The maximum Gasteiger partial charge on any atom is 0.224 e. The summed E-state index contributed by atoms with van der Waals surface area (Å²) in [4.78, 5) is 16.2. The Morgan fingerprint density at radius 2 is 2.32 bits per heavy atom. The van der Waals surface area contributed by atoms with Gasteiger partial charge in [-0.1, -0.05) is 0 Å². The molecule has 0 saturated carbocycles. The van der Waals surface area contributed by atoms with Gasteiger partial charge in [0.2, 0.25) is 11.8 Å². The van der Waals surface area contributed by atoms with Gasteiger partial charge in [0.05, 0.1) is 0 Å². The van der Waals surface area contributed by atoms with E-state index in [0.29, 0.717) is 17.7 Å². The van der Waals surface area contributed by atoms with Gasteiger partial charge in [-0.15, -0.1) is 0 Å². The molecule has 1 atom stereocenters. The molecule has 0 aliphatic carbocycles. The monoisotopic (exact) mass is 260 g/mol. The molecular weight excluding hydrogens is 244 g/mol. The predicted octanol–water partition coefficient (Wildman–Crippen LogP) is 0.696. The number of aromatic nitrogens is 2. The second-order valence-electron chi connectivity index (χ2n) is 5.37. The number of hydrogen-bond donors (Lipinski definition) is 1. The molecule has 2 bridgehead atoms. The van der Waals surface area contributed by atoms with Gasteiger partial charge < -0.3 is 4.74 Å². The Hall–Kier alpha value is -1.66. The Bertz CT molecular complexity index is 499. The van der Waals surface area contributed by atoms with E-state index in [9.17, 15) is 0 Å². The molecule has 5 rings (SSSR count). The van der Waals surface area contributed by atoms with E-state index in [1.54, 1.807) is 12.3 Å². The van der Waals surface area contributed by atoms with Crippen LogP contribution in [-0.4, -0.2) is 40.1 Å². The fraction of sp³-hybridized carbons (Fsp3) is 0.538. The molecule has 1 unspecified atom stereocenters. The smallest absolute Gasteiger partial charge is 0.224 e. The van der Waals surface area contributed by atoms with Crippen LogP contribution in [0, 0.1) is 5.92 Å². The number of ether oxygens (including phenoxy) is 1. The van der Waals surface area contributed by atoms with E-state index >= 15 is 0 Å². The van der Waals surface area contributed by atoms with Gasteiger partial charge in [0.1, 0.15) is 11.9 Å². The van der Waals surface area contributed by atoms with E-state index in [0.717, 1.165) is 6.54 Å². The third kappa shape index (κ3) is 1.87. The summed E-state index contributed by atoms with van der Waals surface area (Å²) in [5.41, 5.74) is 2.68. The molecule has 1 aromatic heterocycles. The topological polar surface area (TPSA) is 59.5 Å². The van der Waals surface area contributed by atoms with Crippen LogP contribution >= 0.6 is 0 Å².